The summed E-state index contributed by atoms with van der Waals surface area (Å²) in [4.78, 5) is 16.8. The molecule has 1 aromatic rings. The van der Waals surface area contributed by atoms with Crippen molar-refractivity contribution in [1.29, 1.82) is 5.26 Å². The van der Waals surface area contributed by atoms with Gasteiger partial charge in [-0.3, -0.25) is 10.1 Å². The predicted octanol–water partition coefficient (Wildman–Crippen LogP) is 1.30. The minimum atomic E-state index is -0.511. The fraction of sp³-hybridized carbons (Fsp3) is 0.538. The molecule has 7 heteroatoms. The smallest absolute Gasteiger partial charge is 0.329 e. The molecule has 0 amide bonds. The van der Waals surface area contributed by atoms with E-state index in [0.29, 0.717) is 11.7 Å². The number of rotatable bonds is 4. The maximum absolute atomic E-state index is 11.2. The summed E-state index contributed by atoms with van der Waals surface area (Å²) in [6.45, 7) is 2.34. The van der Waals surface area contributed by atoms with E-state index < -0.39 is 4.92 Å². The van der Waals surface area contributed by atoms with Crippen molar-refractivity contribution in [2.75, 3.05) is 31.6 Å². The van der Waals surface area contributed by atoms with Gasteiger partial charge < -0.3 is 10.2 Å². The lowest BCUT2D eigenvalue weighted by Gasteiger charge is -2.33. The van der Waals surface area contributed by atoms with Crippen LogP contribution in [0.2, 0.25) is 0 Å². The quantitative estimate of drug-likeness (QED) is 0.657. The molecular weight excluding hydrogens is 258 g/mol. The largest absolute Gasteiger partial charge is 0.351 e. The molecule has 2 heterocycles. The molecule has 0 spiro atoms. The van der Waals surface area contributed by atoms with Crippen LogP contribution in [0.3, 0.4) is 0 Å². The highest BCUT2D eigenvalue weighted by Gasteiger charge is 2.29. The molecule has 0 radical (unpaired) electrons. The standard InChI is InChI=1S/C13H17N5O2/c1-15-8-10-3-2-6-17(9-10)13-12(18(19)20)11(7-14)4-5-16-13/h4-5,10,15H,2-3,6,8-9H2,1H3. The average Bonchev–Trinajstić information content (AvgIpc) is 2.47. The summed E-state index contributed by atoms with van der Waals surface area (Å²) < 4.78 is 0. The number of piperidine rings is 1. The second kappa shape index (κ2) is 6.30. The molecule has 1 atom stereocenters. The molecule has 1 aliphatic heterocycles. The number of hydrogen-bond acceptors (Lipinski definition) is 6. The Bertz CT molecular complexity index is 538. The van der Waals surface area contributed by atoms with Crippen LogP contribution in [0, 0.1) is 27.4 Å². The van der Waals surface area contributed by atoms with Crippen LogP contribution in [-0.2, 0) is 0 Å². The average molecular weight is 275 g/mol. The van der Waals surface area contributed by atoms with Gasteiger partial charge >= 0.3 is 5.69 Å². The third-order valence-corrected chi connectivity index (χ3v) is 3.52. The summed E-state index contributed by atoms with van der Waals surface area (Å²) in [6, 6.07) is 3.26. The zero-order valence-corrected chi connectivity index (χ0v) is 11.4. The topological polar surface area (TPSA) is 95.1 Å². The van der Waals surface area contributed by atoms with Gasteiger partial charge in [0, 0.05) is 19.3 Å². The van der Waals surface area contributed by atoms with Crippen molar-refractivity contribution in [3.05, 3.63) is 27.9 Å². The Morgan fingerprint density at radius 2 is 2.50 bits per heavy atom. The van der Waals surface area contributed by atoms with Crippen LogP contribution in [0.25, 0.3) is 0 Å². The van der Waals surface area contributed by atoms with Gasteiger partial charge in [0.1, 0.15) is 11.6 Å². The Morgan fingerprint density at radius 3 is 3.15 bits per heavy atom. The van der Waals surface area contributed by atoms with E-state index in [-0.39, 0.29) is 11.3 Å². The van der Waals surface area contributed by atoms with E-state index in [2.05, 4.69) is 10.3 Å². The van der Waals surface area contributed by atoms with Crippen LogP contribution in [0.15, 0.2) is 12.3 Å². The van der Waals surface area contributed by atoms with Gasteiger partial charge in [0.25, 0.3) is 0 Å². The van der Waals surface area contributed by atoms with Gasteiger partial charge in [0.2, 0.25) is 5.82 Å². The SMILES string of the molecule is CNCC1CCCN(c2nccc(C#N)c2[N+](=O)[O-])C1. The summed E-state index contributed by atoms with van der Waals surface area (Å²) in [5.74, 6) is 0.760. The summed E-state index contributed by atoms with van der Waals surface area (Å²) in [7, 11) is 1.90. The molecule has 1 N–H and O–H groups in total. The molecule has 1 unspecified atom stereocenters. The molecular formula is C13H17N5O2. The van der Waals surface area contributed by atoms with E-state index in [1.165, 1.54) is 12.3 Å². The normalized spacial score (nSPS) is 18.6. The van der Waals surface area contributed by atoms with Gasteiger partial charge in [-0.25, -0.2) is 4.98 Å². The van der Waals surface area contributed by atoms with Crippen molar-refractivity contribution in [3.63, 3.8) is 0 Å². The van der Waals surface area contributed by atoms with Gasteiger partial charge in [0.05, 0.1) is 4.92 Å². The molecule has 0 aromatic carbocycles. The Labute approximate surface area is 117 Å². The Balaban J connectivity index is 2.32. The van der Waals surface area contributed by atoms with E-state index >= 15 is 0 Å². The summed E-state index contributed by atoms with van der Waals surface area (Å²) in [5.41, 5.74) is -0.115. The first-order chi connectivity index (χ1) is 9.67. The fourth-order valence-electron chi connectivity index (χ4n) is 2.66. The third kappa shape index (κ3) is 2.86. The number of pyridine rings is 1. The molecule has 7 nitrogen and oxygen atoms in total. The molecule has 2 rings (SSSR count). The number of nitriles is 1. The lowest BCUT2D eigenvalue weighted by atomic mass is 9.98. The zero-order chi connectivity index (χ0) is 14.5. The van der Waals surface area contributed by atoms with Crippen LogP contribution in [-0.4, -0.2) is 36.6 Å². The van der Waals surface area contributed by atoms with E-state index in [1.54, 1.807) is 0 Å². The van der Waals surface area contributed by atoms with Gasteiger partial charge in [-0.2, -0.15) is 5.26 Å². The second-order valence-electron chi connectivity index (χ2n) is 4.91. The van der Waals surface area contributed by atoms with E-state index in [4.69, 9.17) is 5.26 Å². The highest BCUT2D eigenvalue weighted by Crippen LogP contribution is 2.31. The number of aromatic nitrogens is 1. The highest BCUT2D eigenvalue weighted by molar-refractivity contribution is 5.65. The summed E-state index contributed by atoms with van der Waals surface area (Å²) in [6.07, 6.45) is 3.54. The van der Waals surface area contributed by atoms with Gasteiger partial charge in [-0.15, -0.1) is 0 Å². The molecule has 106 valence electrons. The Kier molecular flexibility index (Phi) is 4.48. The first kappa shape index (κ1) is 14.2. The maximum Gasteiger partial charge on any atom is 0.329 e. The first-order valence-electron chi connectivity index (χ1n) is 6.60. The number of hydrogen-bond donors (Lipinski definition) is 1. The molecule has 0 bridgehead atoms. The summed E-state index contributed by atoms with van der Waals surface area (Å²) in [5, 5.41) is 23.4. The lowest BCUT2D eigenvalue weighted by Crippen LogP contribution is -2.39. The van der Waals surface area contributed by atoms with E-state index in [0.717, 1.165) is 32.5 Å². The second-order valence-corrected chi connectivity index (χ2v) is 4.91. The van der Waals surface area contributed by atoms with Crippen molar-refractivity contribution in [1.82, 2.24) is 10.3 Å². The van der Waals surface area contributed by atoms with Crippen molar-refractivity contribution in [3.8, 4) is 6.07 Å². The van der Waals surface area contributed by atoms with Crippen LogP contribution in [0.4, 0.5) is 11.5 Å². The monoisotopic (exact) mass is 275 g/mol. The van der Waals surface area contributed by atoms with Crippen molar-refractivity contribution in [2.45, 2.75) is 12.8 Å². The van der Waals surface area contributed by atoms with Crippen LogP contribution < -0.4 is 10.2 Å². The van der Waals surface area contributed by atoms with Crippen LogP contribution >= 0.6 is 0 Å². The maximum atomic E-state index is 11.2. The number of nitrogens with one attached hydrogen (secondary N) is 1. The van der Waals surface area contributed by atoms with Gasteiger partial charge in [-0.1, -0.05) is 0 Å². The summed E-state index contributed by atoms with van der Waals surface area (Å²) >= 11 is 0. The molecule has 1 aromatic heterocycles. The zero-order valence-electron chi connectivity index (χ0n) is 11.4. The third-order valence-electron chi connectivity index (χ3n) is 3.52. The predicted molar refractivity (Wildman–Crippen MR) is 74.5 cm³/mol. The minimum absolute atomic E-state index is 0.0655. The van der Waals surface area contributed by atoms with Crippen molar-refractivity contribution >= 4 is 11.5 Å². The fourth-order valence-corrected chi connectivity index (χ4v) is 2.66. The molecule has 1 saturated heterocycles. The van der Waals surface area contributed by atoms with Crippen LogP contribution in [0.1, 0.15) is 18.4 Å². The number of nitro groups is 1. The highest BCUT2D eigenvalue weighted by atomic mass is 16.6. The molecule has 0 aliphatic carbocycles. The van der Waals surface area contributed by atoms with E-state index in [1.807, 2.05) is 18.0 Å². The molecule has 1 fully saturated rings. The van der Waals surface area contributed by atoms with Crippen LogP contribution in [0.5, 0.6) is 0 Å². The number of anilines is 1. The van der Waals surface area contributed by atoms with Crippen molar-refractivity contribution < 1.29 is 4.92 Å². The first-order valence-corrected chi connectivity index (χ1v) is 6.60. The van der Waals surface area contributed by atoms with Crippen molar-refractivity contribution in [2.24, 2.45) is 5.92 Å². The number of nitrogens with zero attached hydrogens (tertiary/aromatic N) is 4. The molecule has 20 heavy (non-hydrogen) atoms. The van der Waals surface area contributed by atoms with Gasteiger partial charge in [-0.05, 0) is 38.4 Å². The Morgan fingerprint density at radius 1 is 1.70 bits per heavy atom. The Hall–Kier alpha value is -2.20. The van der Waals surface area contributed by atoms with Gasteiger partial charge in [0.15, 0.2) is 0 Å². The minimum Gasteiger partial charge on any atom is -0.351 e. The van der Waals surface area contributed by atoms with E-state index in [9.17, 15) is 10.1 Å². The molecule has 0 saturated carbocycles. The lowest BCUT2D eigenvalue weighted by molar-refractivity contribution is -0.384. The molecule has 1 aliphatic rings.